The maximum atomic E-state index is 11.2. The molecule has 0 spiro atoms. The average molecular weight is 199 g/mol. The molecule has 1 amide bonds. The van der Waals surface area contributed by atoms with Crippen LogP contribution in [0.4, 0.5) is 0 Å². The largest absolute Gasteiger partial charge is 0.409 e. The first-order valence-electron chi connectivity index (χ1n) is 4.93. The summed E-state index contributed by atoms with van der Waals surface area (Å²) in [4.78, 5) is 11.2. The van der Waals surface area contributed by atoms with Crippen LogP contribution in [0.2, 0.25) is 0 Å². The van der Waals surface area contributed by atoms with Gasteiger partial charge in [0, 0.05) is 6.04 Å². The fourth-order valence-corrected chi connectivity index (χ4v) is 1.57. The first-order chi connectivity index (χ1) is 6.67. The number of oxime groups is 1. The van der Waals surface area contributed by atoms with E-state index >= 15 is 0 Å². The monoisotopic (exact) mass is 199 g/mol. The number of carbonyl (C=O) groups excluding carboxylic acids is 1. The number of nitrogens with two attached hydrogens (primary N) is 1. The van der Waals surface area contributed by atoms with Gasteiger partial charge in [-0.25, -0.2) is 0 Å². The smallest absolute Gasteiger partial charge is 0.227 e. The molecule has 5 heteroatoms. The summed E-state index contributed by atoms with van der Waals surface area (Å²) in [6.07, 6.45) is 3.35. The molecule has 0 aliphatic heterocycles. The highest BCUT2D eigenvalue weighted by Gasteiger charge is 2.36. The van der Waals surface area contributed by atoms with E-state index in [2.05, 4.69) is 17.4 Å². The summed E-state index contributed by atoms with van der Waals surface area (Å²) < 4.78 is 0. The number of nitrogens with zero attached hydrogens (tertiary/aromatic N) is 1. The summed E-state index contributed by atoms with van der Waals surface area (Å²) in [6, 6.07) is 0.314. The van der Waals surface area contributed by atoms with E-state index in [1.807, 2.05) is 0 Å². The van der Waals surface area contributed by atoms with Gasteiger partial charge in [0.05, 0.1) is 6.42 Å². The first-order valence-corrected chi connectivity index (χ1v) is 4.93. The number of amidine groups is 1. The molecule has 1 saturated carbocycles. The Hall–Kier alpha value is -1.26. The molecule has 0 saturated heterocycles. The molecule has 1 aliphatic carbocycles. The summed E-state index contributed by atoms with van der Waals surface area (Å²) in [5.74, 6) is 0.426. The molecule has 14 heavy (non-hydrogen) atoms. The van der Waals surface area contributed by atoms with Crippen molar-refractivity contribution in [2.45, 2.75) is 38.6 Å². The fourth-order valence-electron chi connectivity index (χ4n) is 1.57. The van der Waals surface area contributed by atoms with Gasteiger partial charge in [0.25, 0.3) is 0 Å². The lowest BCUT2D eigenvalue weighted by Crippen LogP contribution is -2.31. The number of carbonyl (C=O) groups is 1. The third-order valence-corrected chi connectivity index (χ3v) is 2.40. The maximum absolute atomic E-state index is 11.2. The van der Waals surface area contributed by atoms with Crippen LogP contribution in [0.5, 0.6) is 0 Å². The van der Waals surface area contributed by atoms with Crippen LogP contribution < -0.4 is 11.1 Å². The summed E-state index contributed by atoms with van der Waals surface area (Å²) in [5.41, 5.74) is 5.20. The Morgan fingerprint density at radius 3 is 3.00 bits per heavy atom. The molecule has 0 heterocycles. The third kappa shape index (κ3) is 3.24. The van der Waals surface area contributed by atoms with E-state index in [4.69, 9.17) is 10.9 Å². The SMILES string of the molecule is CCCC1CC1NC(=O)CC(N)=NO. The van der Waals surface area contributed by atoms with Crippen LogP contribution in [0, 0.1) is 5.92 Å². The van der Waals surface area contributed by atoms with Crippen LogP contribution in [0.25, 0.3) is 0 Å². The lowest BCUT2D eigenvalue weighted by Gasteiger charge is -2.02. The Kier molecular flexibility index (Phi) is 3.73. The van der Waals surface area contributed by atoms with Crippen molar-refractivity contribution in [2.75, 3.05) is 0 Å². The highest BCUT2D eigenvalue weighted by molar-refractivity contribution is 5.98. The molecular weight excluding hydrogens is 182 g/mol. The standard InChI is InChI=1S/C9H17N3O2/c1-2-3-6-4-7(6)11-9(13)5-8(10)12-14/h6-7,14H,2-5H2,1H3,(H2,10,12)(H,11,13). The second-order valence-corrected chi connectivity index (χ2v) is 3.73. The molecule has 80 valence electrons. The van der Waals surface area contributed by atoms with Crippen molar-refractivity contribution in [3.05, 3.63) is 0 Å². The Morgan fingerprint density at radius 1 is 1.71 bits per heavy atom. The minimum absolute atomic E-state index is 0.0220. The minimum Gasteiger partial charge on any atom is -0.409 e. The van der Waals surface area contributed by atoms with E-state index in [-0.39, 0.29) is 18.2 Å². The summed E-state index contributed by atoms with van der Waals surface area (Å²) in [7, 11) is 0. The van der Waals surface area contributed by atoms with Crippen molar-refractivity contribution in [2.24, 2.45) is 16.8 Å². The molecule has 0 radical (unpaired) electrons. The van der Waals surface area contributed by atoms with E-state index in [1.165, 1.54) is 0 Å². The van der Waals surface area contributed by atoms with Crippen molar-refractivity contribution in [3.8, 4) is 0 Å². The quantitative estimate of drug-likeness (QED) is 0.259. The number of rotatable bonds is 5. The maximum Gasteiger partial charge on any atom is 0.227 e. The zero-order valence-electron chi connectivity index (χ0n) is 8.36. The Labute approximate surface area is 83.3 Å². The molecule has 0 aromatic rings. The topological polar surface area (TPSA) is 87.7 Å². The molecule has 2 unspecified atom stereocenters. The Bertz CT molecular complexity index is 240. The van der Waals surface area contributed by atoms with Crippen LogP contribution in [-0.2, 0) is 4.79 Å². The van der Waals surface area contributed by atoms with E-state index in [9.17, 15) is 4.79 Å². The molecule has 5 nitrogen and oxygen atoms in total. The molecule has 0 aromatic heterocycles. The van der Waals surface area contributed by atoms with Crippen molar-refractivity contribution in [3.63, 3.8) is 0 Å². The molecule has 1 aliphatic rings. The lowest BCUT2D eigenvalue weighted by atomic mass is 10.2. The van der Waals surface area contributed by atoms with Gasteiger partial charge in [0.15, 0.2) is 0 Å². The summed E-state index contributed by atoms with van der Waals surface area (Å²) in [6.45, 7) is 2.13. The molecule has 0 aromatic carbocycles. The third-order valence-electron chi connectivity index (χ3n) is 2.40. The summed E-state index contributed by atoms with van der Waals surface area (Å²) in [5, 5.41) is 13.8. The van der Waals surface area contributed by atoms with Crippen LogP contribution in [-0.4, -0.2) is 23.0 Å². The molecule has 1 rings (SSSR count). The van der Waals surface area contributed by atoms with E-state index < -0.39 is 0 Å². The first kappa shape index (κ1) is 10.8. The van der Waals surface area contributed by atoms with Gasteiger partial charge in [-0.3, -0.25) is 4.79 Å². The predicted molar refractivity (Wildman–Crippen MR) is 53.0 cm³/mol. The minimum atomic E-state index is -0.163. The van der Waals surface area contributed by atoms with E-state index in [0.717, 1.165) is 19.3 Å². The predicted octanol–water partition coefficient (Wildman–Crippen LogP) is 0.428. The molecule has 4 N–H and O–H groups in total. The van der Waals surface area contributed by atoms with Crippen LogP contribution in [0.3, 0.4) is 0 Å². The second-order valence-electron chi connectivity index (χ2n) is 3.73. The molecule has 2 atom stereocenters. The number of amides is 1. The van der Waals surface area contributed by atoms with Gasteiger partial charge in [-0.1, -0.05) is 18.5 Å². The van der Waals surface area contributed by atoms with Crippen molar-refractivity contribution in [1.82, 2.24) is 5.32 Å². The Morgan fingerprint density at radius 2 is 2.43 bits per heavy atom. The van der Waals surface area contributed by atoms with Gasteiger partial charge in [0.2, 0.25) is 5.91 Å². The van der Waals surface area contributed by atoms with Crippen LogP contribution in [0.1, 0.15) is 32.6 Å². The van der Waals surface area contributed by atoms with Crippen LogP contribution >= 0.6 is 0 Å². The van der Waals surface area contributed by atoms with Crippen molar-refractivity contribution < 1.29 is 10.0 Å². The van der Waals surface area contributed by atoms with Crippen molar-refractivity contribution >= 4 is 11.7 Å². The van der Waals surface area contributed by atoms with Gasteiger partial charge in [-0.2, -0.15) is 0 Å². The number of hydrogen-bond acceptors (Lipinski definition) is 3. The molecular formula is C9H17N3O2. The summed E-state index contributed by atoms with van der Waals surface area (Å²) >= 11 is 0. The highest BCUT2D eigenvalue weighted by atomic mass is 16.4. The Balaban J connectivity index is 2.17. The van der Waals surface area contributed by atoms with Gasteiger partial charge in [0.1, 0.15) is 5.84 Å². The molecule has 0 bridgehead atoms. The van der Waals surface area contributed by atoms with Gasteiger partial charge >= 0.3 is 0 Å². The van der Waals surface area contributed by atoms with Crippen LogP contribution in [0.15, 0.2) is 5.16 Å². The second kappa shape index (κ2) is 4.83. The fraction of sp³-hybridized carbons (Fsp3) is 0.778. The zero-order chi connectivity index (χ0) is 10.6. The van der Waals surface area contributed by atoms with Gasteiger partial charge in [-0.15, -0.1) is 0 Å². The van der Waals surface area contributed by atoms with Gasteiger partial charge in [-0.05, 0) is 18.8 Å². The lowest BCUT2D eigenvalue weighted by molar-refractivity contribution is -0.120. The normalized spacial score (nSPS) is 25.9. The zero-order valence-corrected chi connectivity index (χ0v) is 8.36. The van der Waals surface area contributed by atoms with Gasteiger partial charge < -0.3 is 16.3 Å². The molecule has 1 fully saturated rings. The highest BCUT2D eigenvalue weighted by Crippen LogP contribution is 2.34. The number of hydrogen-bond donors (Lipinski definition) is 3. The average Bonchev–Trinajstić information content (AvgIpc) is 2.83. The van der Waals surface area contributed by atoms with Crippen molar-refractivity contribution in [1.29, 1.82) is 0 Å². The van der Waals surface area contributed by atoms with E-state index in [1.54, 1.807) is 0 Å². The van der Waals surface area contributed by atoms with E-state index in [0.29, 0.717) is 12.0 Å². The number of nitrogens with one attached hydrogen (secondary N) is 1.